The monoisotopic (exact) mass is 470 g/mol. The first-order valence-electron chi connectivity index (χ1n) is 9.80. The van der Waals surface area contributed by atoms with Crippen LogP contribution in [-0.4, -0.2) is 34.5 Å². The van der Waals surface area contributed by atoms with Crippen LogP contribution in [0.3, 0.4) is 0 Å². The summed E-state index contributed by atoms with van der Waals surface area (Å²) in [6, 6.07) is 11.7. The van der Waals surface area contributed by atoms with Gasteiger partial charge in [-0.3, -0.25) is 19.7 Å². The Kier molecular flexibility index (Phi) is 6.20. The Morgan fingerprint density at radius 1 is 1.19 bits per heavy atom. The van der Waals surface area contributed by atoms with Crippen molar-refractivity contribution in [3.8, 4) is 5.75 Å². The number of carbonyl (C=O) groups excluding carboxylic acids is 3. The van der Waals surface area contributed by atoms with Gasteiger partial charge in [0.2, 0.25) is 11.0 Å². The maximum atomic E-state index is 12.6. The SMILES string of the molecule is CC(=O)Oc1ccc(C(=O)Nc2nnc([C@H]3CC(=O)N(c4ccc(C)c(Cl)c4)C3)s2)cc1. The Morgan fingerprint density at radius 3 is 2.62 bits per heavy atom. The molecule has 0 saturated carbocycles. The molecule has 0 spiro atoms. The smallest absolute Gasteiger partial charge is 0.308 e. The van der Waals surface area contributed by atoms with Gasteiger partial charge in [0.15, 0.2) is 0 Å². The topological polar surface area (TPSA) is 101 Å². The van der Waals surface area contributed by atoms with Crippen LogP contribution in [0.25, 0.3) is 0 Å². The van der Waals surface area contributed by atoms with Crippen LogP contribution in [0.5, 0.6) is 5.75 Å². The van der Waals surface area contributed by atoms with Gasteiger partial charge in [-0.15, -0.1) is 10.2 Å². The zero-order valence-electron chi connectivity index (χ0n) is 17.3. The first kappa shape index (κ1) is 21.9. The summed E-state index contributed by atoms with van der Waals surface area (Å²) in [4.78, 5) is 37.7. The fourth-order valence-corrected chi connectivity index (χ4v) is 4.34. The van der Waals surface area contributed by atoms with E-state index in [1.165, 1.54) is 30.4 Å². The number of carbonyl (C=O) groups is 3. The minimum absolute atomic E-state index is 0.0106. The second-order valence-corrected chi connectivity index (χ2v) is 8.77. The molecule has 2 amide bonds. The van der Waals surface area contributed by atoms with Crippen LogP contribution in [-0.2, 0) is 9.59 Å². The summed E-state index contributed by atoms with van der Waals surface area (Å²) in [6.45, 7) is 3.69. The average molecular weight is 471 g/mol. The molecular weight excluding hydrogens is 452 g/mol. The zero-order chi connectivity index (χ0) is 22.8. The fraction of sp³-hybridized carbons (Fsp3) is 0.227. The lowest BCUT2D eigenvalue weighted by Gasteiger charge is -2.17. The van der Waals surface area contributed by atoms with Gasteiger partial charge < -0.3 is 9.64 Å². The predicted octanol–water partition coefficient (Wildman–Crippen LogP) is 4.20. The Hall–Kier alpha value is -3.30. The molecule has 4 rings (SSSR count). The van der Waals surface area contributed by atoms with Gasteiger partial charge in [-0.2, -0.15) is 0 Å². The highest BCUT2D eigenvalue weighted by Crippen LogP contribution is 2.35. The molecule has 8 nitrogen and oxygen atoms in total. The summed E-state index contributed by atoms with van der Waals surface area (Å²) < 4.78 is 4.96. The van der Waals surface area contributed by atoms with E-state index in [0.717, 1.165) is 11.3 Å². The second kappa shape index (κ2) is 9.05. The number of amides is 2. The van der Waals surface area contributed by atoms with Crippen molar-refractivity contribution in [2.45, 2.75) is 26.2 Å². The molecule has 2 heterocycles. The molecule has 164 valence electrons. The van der Waals surface area contributed by atoms with Crippen LogP contribution in [0.1, 0.15) is 40.2 Å². The lowest BCUT2D eigenvalue weighted by molar-refractivity contribution is -0.131. The number of aryl methyl sites for hydroxylation is 1. The number of halogens is 1. The highest BCUT2D eigenvalue weighted by molar-refractivity contribution is 7.15. The molecule has 0 bridgehead atoms. The molecule has 1 aromatic heterocycles. The molecule has 32 heavy (non-hydrogen) atoms. The average Bonchev–Trinajstić information content (AvgIpc) is 3.36. The number of benzene rings is 2. The van der Waals surface area contributed by atoms with E-state index >= 15 is 0 Å². The number of hydrogen-bond acceptors (Lipinski definition) is 7. The summed E-state index contributed by atoms with van der Waals surface area (Å²) in [6.07, 6.45) is 0.311. The maximum Gasteiger partial charge on any atom is 0.308 e. The maximum absolute atomic E-state index is 12.6. The molecule has 0 aliphatic carbocycles. The third kappa shape index (κ3) is 4.79. The number of rotatable bonds is 5. The molecular formula is C22H19ClN4O4S. The van der Waals surface area contributed by atoms with Gasteiger partial charge in [-0.05, 0) is 48.9 Å². The molecule has 1 aliphatic heterocycles. The van der Waals surface area contributed by atoms with Gasteiger partial charge in [-0.1, -0.05) is 29.0 Å². The minimum atomic E-state index is -0.432. The standard InChI is InChI=1S/C22H19ClN4O4S/c1-12-3-6-16(10-18(12)23)27-11-15(9-19(27)29)21-25-26-22(32-21)24-20(30)14-4-7-17(8-5-14)31-13(2)28/h3-8,10,15H,9,11H2,1-2H3,(H,24,26,30)/t15-/m0/s1. The van der Waals surface area contributed by atoms with Crippen LogP contribution in [0.4, 0.5) is 10.8 Å². The summed E-state index contributed by atoms with van der Waals surface area (Å²) in [7, 11) is 0. The van der Waals surface area contributed by atoms with Gasteiger partial charge in [0, 0.05) is 42.1 Å². The van der Waals surface area contributed by atoms with Crippen LogP contribution in [0, 0.1) is 6.92 Å². The Balaban J connectivity index is 1.41. The van der Waals surface area contributed by atoms with Crippen molar-refractivity contribution in [1.82, 2.24) is 10.2 Å². The number of esters is 1. The van der Waals surface area contributed by atoms with Crippen molar-refractivity contribution in [2.75, 3.05) is 16.8 Å². The van der Waals surface area contributed by atoms with Gasteiger partial charge in [-0.25, -0.2) is 0 Å². The van der Waals surface area contributed by atoms with Crippen molar-refractivity contribution in [2.24, 2.45) is 0 Å². The Morgan fingerprint density at radius 2 is 1.94 bits per heavy atom. The van der Waals surface area contributed by atoms with E-state index in [4.69, 9.17) is 16.3 Å². The molecule has 1 aliphatic rings. The van der Waals surface area contributed by atoms with E-state index < -0.39 is 5.97 Å². The van der Waals surface area contributed by atoms with E-state index in [1.54, 1.807) is 23.1 Å². The number of nitrogens with zero attached hydrogens (tertiary/aromatic N) is 3. The van der Waals surface area contributed by atoms with E-state index in [9.17, 15) is 14.4 Å². The van der Waals surface area contributed by atoms with Gasteiger partial charge in [0.05, 0.1) is 0 Å². The largest absolute Gasteiger partial charge is 0.427 e. The van der Waals surface area contributed by atoms with Crippen molar-refractivity contribution in [3.05, 3.63) is 63.6 Å². The normalized spacial score (nSPS) is 15.7. The number of aromatic nitrogens is 2. The quantitative estimate of drug-likeness (QED) is 0.443. The van der Waals surface area contributed by atoms with Crippen molar-refractivity contribution >= 4 is 51.5 Å². The molecule has 1 saturated heterocycles. The second-order valence-electron chi connectivity index (χ2n) is 7.36. The van der Waals surface area contributed by atoms with Crippen molar-refractivity contribution in [1.29, 1.82) is 0 Å². The van der Waals surface area contributed by atoms with E-state index in [1.807, 2.05) is 19.1 Å². The highest BCUT2D eigenvalue weighted by atomic mass is 35.5. The van der Waals surface area contributed by atoms with Gasteiger partial charge >= 0.3 is 5.97 Å². The molecule has 0 unspecified atom stereocenters. The first-order valence-corrected chi connectivity index (χ1v) is 11.0. The van der Waals surface area contributed by atoms with Crippen LogP contribution in [0.15, 0.2) is 42.5 Å². The van der Waals surface area contributed by atoms with E-state index in [2.05, 4.69) is 15.5 Å². The Labute approximate surface area is 193 Å². The third-order valence-electron chi connectivity index (χ3n) is 4.98. The van der Waals surface area contributed by atoms with Crippen LogP contribution < -0.4 is 15.0 Å². The lowest BCUT2D eigenvalue weighted by Crippen LogP contribution is -2.24. The van der Waals surface area contributed by atoms with Crippen LogP contribution in [0.2, 0.25) is 5.02 Å². The summed E-state index contributed by atoms with van der Waals surface area (Å²) in [5, 5.41) is 12.6. The number of ether oxygens (including phenoxy) is 1. The summed E-state index contributed by atoms with van der Waals surface area (Å²) in [5.41, 5.74) is 2.09. The van der Waals surface area contributed by atoms with Gasteiger partial charge in [0.25, 0.3) is 5.91 Å². The molecule has 2 aromatic carbocycles. The van der Waals surface area contributed by atoms with Crippen molar-refractivity contribution in [3.63, 3.8) is 0 Å². The molecule has 0 radical (unpaired) electrons. The molecule has 1 atom stereocenters. The predicted molar refractivity (Wildman–Crippen MR) is 122 cm³/mol. The number of anilines is 2. The molecule has 3 aromatic rings. The van der Waals surface area contributed by atoms with Crippen molar-refractivity contribution < 1.29 is 19.1 Å². The summed E-state index contributed by atoms with van der Waals surface area (Å²) in [5.74, 6) is -0.562. The minimum Gasteiger partial charge on any atom is -0.427 e. The molecule has 1 N–H and O–H groups in total. The van der Waals surface area contributed by atoms with Gasteiger partial charge in [0.1, 0.15) is 10.8 Å². The number of hydrogen-bond donors (Lipinski definition) is 1. The lowest BCUT2D eigenvalue weighted by atomic mass is 10.1. The third-order valence-corrected chi connectivity index (χ3v) is 6.39. The first-order chi connectivity index (χ1) is 15.3. The Bertz CT molecular complexity index is 1190. The molecule has 10 heteroatoms. The molecule has 1 fully saturated rings. The summed E-state index contributed by atoms with van der Waals surface area (Å²) >= 11 is 7.45. The number of nitrogens with one attached hydrogen (secondary N) is 1. The zero-order valence-corrected chi connectivity index (χ0v) is 18.9. The van der Waals surface area contributed by atoms with E-state index in [-0.39, 0.29) is 17.7 Å². The van der Waals surface area contributed by atoms with E-state index in [0.29, 0.717) is 39.4 Å². The fourth-order valence-electron chi connectivity index (χ4n) is 3.33. The van der Waals surface area contributed by atoms with Crippen LogP contribution >= 0.6 is 22.9 Å². The highest BCUT2D eigenvalue weighted by Gasteiger charge is 2.34.